The van der Waals surface area contributed by atoms with Crippen molar-refractivity contribution in [2.24, 2.45) is 5.73 Å². The molecule has 1 aliphatic rings. The number of pyridine rings is 1. The minimum Gasteiger partial charge on any atom is -0.386 e. The van der Waals surface area contributed by atoms with Crippen LogP contribution in [0.25, 0.3) is 11.1 Å². The fourth-order valence-corrected chi connectivity index (χ4v) is 3.72. The van der Waals surface area contributed by atoms with Crippen LogP contribution < -0.4 is 5.73 Å². The number of nitrogens with two attached hydrogens (primary N) is 1. The molecule has 0 saturated carbocycles. The molecule has 2 heterocycles. The van der Waals surface area contributed by atoms with Crippen molar-refractivity contribution in [2.75, 3.05) is 26.2 Å². The molecule has 4 rings (SSSR count). The van der Waals surface area contributed by atoms with E-state index in [0.717, 1.165) is 44.8 Å². The van der Waals surface area contributed by atoms with Crippen LogP contribution in [0.3, 0.4) is 0 Å². The molecule has 1 aliphatic heterocycles. The fraction of sp³-hybridized carbons (Fsp3) is 0.296. The molecule has 1 fully saturated rings. The van der Waals surface area contributed by atoms with Gasteiger partial charge in [0.2, 0.25) is 0 Å². The molecule has 0 spiro atoms. The van der Waals surface area contributed by atoms with E-state index in [9.17, 15) is 0 Å². The van der Waals surface area contributed by atoms with E-state index >= 15 is 0 Å². The SMILES string of the molecule is C=C(N)N1CCN(Cc2cccnc2C)CC1.CCc1cccc(-c2ccccc2)c1. The zero-order valence-corrected chi connectivity index (χ0v) is 18.8. The van der Waals surface area contributed by atoms with Gasteiger partial charge in [-0.2, -0.15) is 0 Å². The van der Waals surface area contributed by atoms with Crippen molar-refractivity contribution in [2.45, 2.75) is 26.8 Å². The van der Waals surface area contributed by atoms with Crippen molar-refractivity contribution in [1.29, 1.82) is 0 Å². The van der Waals surface area contributed by atoms with Gasteiger partial charge in [0.15, 0.2) is 0 Å². The Labute approximate surface area is 187 Å². The lowest BCUT2D eigenvalue weighted by Gasteiger charge is -2.35. The Bertz CT molecular complexity index is 960. The van der Waals surface area contributed by atoms with Crippen molar-refractivity contribution in [3.8, 4) is 11.1 Å². The molecule has 4 heteroatoms. The summed E-state index contributed by atoms with van der Waals surface area (Å²) < 4.78 is 0. The number of piperazine rings is 1. The van der Waals surface area contributed by atoms with Gasteiger partial charge in [0.05, 0.1) is 5.82 Å². The zero-order valence-electron chi connectivity index (χ0n) is 18.8. The number of benzene rings is 2. The van der Waals surface area contributed by atoms with Gasteiger partial charge in [-0.05, 0) is 41.7 Å². The van der Waals surface area contributed by atoms with Crippen LogP contribution in [0.4, 0.5) is 0 Å². The predicted molar refractivity (Wildman–Crippen MR) is 130 cm³/mol. The zero-order chi connectivity index (χ0) is 22.1. The second-order valence-electron chi connectivity index (χ2n) is 7.92. The maximum Gasteiger partial charge on any atom is 0.0913 e. The van der Waals surface area contributed by atoms with Crippen LogP contribution >= 0.6 is 0 Å². The predicted octanol–water partition coefficient (Wildman–Crippen LogP) is 4.85. The summed E-state index contributed by atoms with van der Waals surface area (Å²) in [6.45, 7) is 13.0. The van der Waals surface area contributed by atoms with Gasteiger partial charge in [-0.15, -0.1) is 0 Å². The third kappa shape index (κ3) is 6.69. The molecule has 0 radical (unpaired) electrons. The number of hydrogen-bond acceptors (Lipinski definition) is 4. The highest BCUT2D eigenvalue weighted by Gasteiger charge is 2.17. The van der Waals surface area contributed by atoms with Gasteiger partial charge in [0, 0.05) is 44.6 Å². The topological polar surface area (TPSA) is 45.4 Å². The van der Waals surface area contributed by atoms with Crippen molar-refractivity contribution < 1.29 is 0 Å². The van der Waals surface area contributed by atoms with E-state index in [1.54, 1.807) is 0 Å². The average molecular weight is 415 g/mol. The number of rotatable bonds is 5. The molecule has 0 unspecified atom stereocenters. The molecule has 4 nitrogen and oxygen atoms in total. The number of nitrogens with zero attached hydrogens (tertiary/aromatic N) is 3. The number of aromatic nitrogens is 1. The molecule has 0 aliphatic carbocycles. The highest BCUT2D eigenvalue weighted by atomic mass is 15.3. The summed E-state index contributed by atoms with van der Waals surface area (Å²) >= 11 is 0. The highest BCUT2D eigenvalue weighted by Crippen LogP contribution is 2.20. The van der Waals surface area contributed by atoms with Crippen LogP contribution in [0, 0.1) is 6.92 Å². The van der Waals surface area contributed by atoms with Crippen LogP contribution in [0.2, 0.25) is 0 Å². The molecular weight excluding hydrogens is 380 g/mol. The van der Waals surface area contributed by atoms with Gasteiger partial charge in [0.1, 0.15) is 0 Å². The highest BCUT2D eigenvalue weighted by molar-refractivity contribution is 5.63. The molecular formula is C27H34N4. The van der Waals surface area contributed by atoms with Crippen molar-refractivity contribution in [3.63, 3.8) is 0 Å². The van der Waals surface area contributed by atoms with Crippen LogP contribution in [0.5, 0.6) is 0 Å². The largest absolute Gasteiger partial charge is 0.386 e. The first-order chi connectivity index (χ1) is 15.1. The maximum absolute atomic E-state index is 5.69. The Morgan fingerprint density at radius 1 is 0.935 bits per heavy atom. The van der Waals surface area contributed by atoms with E-state index in [1.807, 2.05) is 18.3 Å². The minimum atomic E-state index is 0.683. The van der Waals surface area contributed by atoms with E-state index in [-0.39, 0.29) is 0 Å². The molecule has 2 aromatic carbocycles. The van der Waals surface area contributed by atoms with Crippen LogP contribution in [0.1, 0.15) is 23.7 Å². The minimum absolute atomic E-state index is 0.683. The second-order valence-corrected chi connectivity index (χ2v) is 7.92. The van der Waals surface area contributed by atoms with Gasteiger partial charge in [-0.25, -0.2) is 0 Å². The fourth-order valence-electron chi connectivity index (χ4n) is 3.72. The lowest BCUT2D eigenvalue weighted by Crippen LogP contribution is -2.46. The van der Waals surface area contributed by atoms with Crippen molar-refractivity contribution >= 4 is 0 Å². The van der Waals surface area contributed by atoms with E-state index in [1.165, 1.54) is 22.3 Å². The smallest absolute Gasteiger partial charge is 0.0913 e. The second kappa shape index (κ2) is 11.3. The summed E-state index contributed by atoms with van der Waals surface area (Å²) in [6.07, 6.45) is 2.94. The van der Waals surface area contributed by atoms with E-state index < -0.39 is 0 Å². The Morgan fingerprint density at radius 2 is 1.65 bits per heavy atom. The molecule has 1 saturated heterocycles. The Balaban J connectivity index is 0.000000179. The summed E-state index contributed by atoms with van der Waals surface area (Å²) in [4.78, 5) is 8.88. The van der Waals surface area contributed by atoms with Crippen molar-refractivity contribution in [1.82, 2.24) is 14.8 Å². The van der Waals surface area contributed by atoms with Gasteiger partial charge < -0.3 is 10.6 Å². The molecule has 1 aromatic heterocycles. The Kier molecular flexibility index (Phi) is 8.25. The van der Waals surface area contributed by atoms with E-state index in [2.05, 4.69) is 89.8 Å². The normalized spacial score (nSPS) is 13.9. The van der Waals surface area contributed by atoms with Gasteiger partial charge in [-0.3, -0.25) is 9.88 Å². The van der Waals surface area contributed by atoms with Crippen LogP contribution in [-0.4, -0.2) is 41.0 Å². The molecule has 31 heavy (non-hydrogen) atoms. The van der Waals surface area contributed by atoms with Crippen LogP contribution in [0.15, 0.2) is 85.3 Å². The first-order valence-electron chi connectivity index (χ1n) is 11.0. The quantitative estimate of drug-likeness (QED) is 0.648. The van der Waals surface area contributed by atoms with E-state index in [0.29, 0.717) is 5.82 Å². The van der Waals surface area contributed by atoms with Gasteiger partial charge in [0.25, 0.3) is 0 Å². The Hall–Kier alpha value is -3.11. The van der Waals surface area contributed by atoms with Crippen LogP contribution in [-0.2, 0) is 13.0 Å². The van der Waals surface area contributed by atoms with Gasteiger partial charge in [-0.1, -0.05) is 74.2 Å². The average Bonchev–Trinajstić information content (AvgIpc) is 2.82. The molecule has 0 amide bonds. The summed E-state index contributed by atoms with van der Waals surface area (Å²) in [6, 6.07) is 23.4. The molecule has 2 N–H and O–H groups in total. The standard InChI is InChI=1S/C14H14.C13H20N4/c1-2-12-7-6-10-14(11-12)13-8-4-3-5-9-13;1-11-13(4-3-5-15-11)10-16-6-8-17(9-7-16)12(2)14/h3-11H,2H2,1H3;3-5H,2,6-10,14H2,1H3. The monoisotopic (exact) mass is 414 g/mol. The van der Waals surface area contributed by atoms with Crippen molar-refractivity contribution in [3.05, 3.63) is 102 Å². The number of hydrogen-bond donors (Lipinski definition) is 1. The lowest BCUT2D eigenvalue weighted by molar-refractivity contribution is 0.152. The first-order valence-corrected chi connectivity index (χ1v) is 11.0. The third-order valence-electron chi connectivity index (χ3n) is 5.73. The molecule has 3 aromatic rings. The first kappa shape index (κ1) is 22.6. The lowest BCUT2D eigenvalue weighted by atomic mass is 10.0. The molecule has 0 bridgehead atoms. The Morgan fingerprint density at radius 3 is 2.29 bits per heavy atom. The summed E-state index contributed by atoms with van der Waals surface area (Å²) in [7, 11) is 0. The summed E-state index contributed by atoms with van der Waals surface area (Å²) in [5.41, 5.74) is 12.1. The number of aryl methyl sites for hydroxylation is 2. The van der Waals surface area contributed by atoms with Gasteiger partial charge >= 0.3 is 0 Å². The summed E-state index contributed by atoms with van der Waals surface area (Å²) in [5, 5.41) is 0. The third-order valence-corrected chi connectivity index (χ3v) is 5.73. The van der Waals surface area contributed by atoms with E-state index in [4.69, 9.17) is 5.73 Å². The molecule has 162 valence electrons. The molecule has 0 atom stereocenters. The summed E-state index contributed by atoms with van der Waals surface area (Å²) in [5.74, 6) is 0.683. The maximum atomic E-state index is 5.69.